The molecule has 0 radical (unpaired) electrons. The Morgan fingerprint density at radius 2 is 1.94 bits per heavy atom. The van der Waals surface area contributed by atoms with E-state index in [0.717, 1.165) is 5.69 Å². The highest BCUT2D eigenvalue weighted by Gasteiger charge is 2.30. The van der Waals surface area contributed by atoms with Crippen molar-refractivity contribution in [3.63, 3.8) is 0 Å². The van der Waals surface area contributed by atoms with Gasteiger partial charge in [-0.25, -0.2) is 0 Å². The van der Waals surface area contributed by atoms with E-state index in [-0.39, 0.29) is 5.91 Å². The Morgan fingerprint density at radius 3 is 2.38 bits per heavy atom. The van der Waals surface area contributed by atoms with E-state index in [1.54, 1.807) is 4.90 Å². The number of carbonyl (C=O) groups excluding carboxylic acids is 1. The monoisotopic (exact) mass is 219 g/mol. The van der Waals surface area contributed by atoms with Gasteiger partial charge in [-0.2, -0.15) is 0 Å². The minimum atomic E-state index is -0.815. The topological polar surface area (TPSA) is 40.5 Å². The molecule has 3 heteroatoms. The van der Waals surface area contributed by atoms with Gasteiger partial charge in [-0.15, -0.1) is 0 Å². The summed E-state index contributed by atoms with van der Waals surface area (Å²) in [4.78, 5) is 13.2. The van der Waals surface area contributed by atoms with Crippen LogP contribution in [0.5, 0.6) is 0 Å². The van der Waals surface area contributed by atoms with Gasteiger partial charge in [-0.3, -0.25) is 4.79 Å². The van der Waals surface area contributed by atoms with Gasteiger partial charge in [0.25, 0.3) is 5.91 Å². The zero-order chi connectivity index (χ0) is 11.7. The van der Waals surface area contributed by atoms with Gasteiger partial charge in [0.1, 0.15) is 6.10 Å². The number of rotatable bonds is 2. The number of benzene rings is 1. The molecule has 1 aromatic rings. The zero-order valence-electron chi connectivity index (χ0n) is 9.68. The normalized spacial score (nSPS) is 20.9. The Labute approximate surface area is 95.7 Å². The van der Waals surface area contributed by atoms with Crippen molar-refractivity contribution in [3.05, 3.63) is 29.8 Å². The van der Waals surface area contributed by atoms with Crippen molar-refractivity contribution in [2.75, 3.05) is 11.4 Å². The van der Waals surface area contributed by atoms with Crippen molar-refractivity contribution in [2.45, 2.75) is 32.3 Å². The molecule has 1 aliphatic heterocycles. The maximum Gasteiger partial charge on any atom is 0.255 e. The molecule has 2 rings (SSSR count). The van der Waals surface area contributed by atoms with Gasteiger partial charge in [0.15, 0.2) is 0 Å². The molecule has 0 saturated carbocycles. The number of aliphatic hydroxyl groups is 1. The number of nitrogens with zero attached hydrogens (tertiary/aromatic N) is 1. The molecule has 1 heterocycles. The SMILES string of the molecule is CC(C)c1ccc(N2CCC(O)C2=O)cc1. The van der Waals surface area contributed by atoms with Gasteiger partial charge >= 0.3 is 0 Å². The predicted octanol–water partition coefficient (Wildman–Crippen LogP) is 1.91. The maximum atomic E-state index is 11.6. The first-order valence-electron chi connectivity index (χ1n) is 5.69. The van der Waals surface area contributed by atoms with Crippen LogP contribution >= 0.6 is 0 Å². The molecule has 1 unspecified atom stereocenters. The fourth-order valence-electron chi connectivity index (χ4n) is 1.96. The van der Waals surface area contributed by atoms with Crippen LogP contribution in [0, 0.1) is 0 Å². The summed E-state index contributed by atoms with van der Waals surface area (Å²) < 4.78 is 0. The number of anilines is 1. The lowest BCUT2D eigenvalue weighted by molar-refractivity contribution is -0.123. The van der Waals surface area contributed by atoms with Gasteiger partial charge in [0.05, 0.1) is 0 Å². The van der Waals surface area contributed by atoms with Gasteiger partial charge in [-0.05, 0) is 23.6 Å². The molecule has 1 saturated heterocycles. The van der Waals surface area contributed by atoms with Gasteiger partial charge in [-0.1, -0.05) is 26.0 Å². The van der Waals surface area contributed by atoms with E-state index in [9.17, 15) is 9.90 Å². The van der Waals surface area contributed by atoms with E-state index in [1.165, 1.54) is 5.56 Å². The maximum absolute atomic E-state index is 11.6. The third-order valence-corrected chi connectivity index (χ3v) is 3.05. The minimum Gasteiger partial charge on any atom is -0.383 e. The lowest BCUT2D eigenvalue weighted by Gasteiger charge is -2.16. The fraction of sp³-hybridized carbons (Fsp3) is 0.462. The smallest absolute Gasteiger partial charge is 0.255 e. The third kappa shape index (κ3) is 1.95. The van der Waals surface area contributed by atoms with Crippen LogP contribution < -0.4 is 4.90 Å². The highest BCUT2D eigenvalue weighted by molar-refractivity contribution is 5.98. The summed E-state index contributed by atoms with van der Waals surface area (Å²) in [6, 6.07) is 7.98. The minimum absolute atomic E-state index is 0.183. The molecule has 0 spiro atoms. The molecule has 0 bridgehead atoms. The summed E-state index contributed by atoms with van der Waals surface area (Å²) in [7, 11) is 0. The van der Waals surface area contributed by atoms with E-state index in [4.69, 9.17) is 0 Å². The molecule has 0 aromatic heterocycles. The second-order valence-corrected chi connectivity index (χ2v) is 4.54. The Hall–Kier alpha value is -1.35. The molecule has 1 fully saturated rings. The molecule has 1 atom stereocenters. The molecule has 3 nitrogen and oxygen atoms in total. The molecule has 86 valence electrons. The number of hydrogen-bond donors (Lipinski definition) is 1. The molecular weight excluding hydrogens is 202 g/mol. The highest BCUT2D eigenvalue weighted by atomic mass is 16.3. The largest absolute Gasteiger partial charge is 0.383 e. The number of carbonyl (C=O) groups is 1. The van der Waals surface area contributed by atoms with E-state index < -0.39 is 6.10 Å². The van der Waals surface area contributed by atoms with Gasteiger partial charge in [0, 0.05) is 18.7 Å². The van der Waals surface area contributed by atoms with E-state index in [1.807, 2.05) is 24.3 Å². The molecule has 0 aliphatic carbocycles. The van der Waals surface area contributed by atoms with Gasteiger partial charge in [0.2, 0.25) is 0 Å². The average molecular weight is 219 g/mol. The average Bonchev–Trinajstić information content (AvgIpc) is 2.60. The zero-order valence-corrected chi connectivity index (χ0v) is 9.68. The van der Waals surface area contributed by atoms with Crippen LogP contribution in [-0.2, 0) is 4.79 Å². The predicted molar refractivity (Wildman–Crippen MR) is 63.5 cm³/mol. The lowest BCUT2D eigenvalue weighted by atomic mass is 10.0. The van der Waals surface area contributed by atoms with Gasteiger partial charge < -0.3 is 10.0 Å². The van der Waals surface area contributed by atoms with Crippen LogP contribution in [0.25, 0.3) is 0 Å². The quantitative estimate of drug-likeness (QED) is 0.825. The van der Waals surface area contributed by atoms with Crippen molar-refractivity contribution in [2.24, 2.45) is 0 Å². The van der Waals surface area contributed by atoms with E-state index >= 15 is 0 Å². The summed E-state index contributed by atoms with van der Waals surface area (Å²) in [5.74, 6) is 0.311. The summed E-state index contributed by atoms with van der Waals surface area (Å²) in [5, 5.41) is 9.38. The molecule has 1 aliphatic rings. The highest BCUT2D eigenvalue weighted by Crippen LogP contribution is 2.24. The first-order chi connectivity index (χ1) is 7.59. The van der Waals surface area contributed by atoms with Crippen LogP contribution in [0.2, 0.25) is 0 Å². The van der Waals surface area contributed by atoms with Crippen molar-refractivity contribution in [3.8, 4) is 0 Å². The fourth-order valence-corrected chi connectivity index (χ4v) is 1.96. The van der Waals surface area contributed by atoms with E-state index in [0.29, 0.717) is 18.9 Å². The second kappa shape index (κ2) is 4.26. The standard InChI is InChI=1S/C13H17NO2/c1-9(2)10-3-5-11(6-4-10)14-8-7-12(15)13(14)16/h3-6,9,12,15H,7-8H2,1-2H3. The van der Waals surface area contributed by atoms with Crippen LogP contribution in [0.3, 0.4) is 0 Å². The Kier molecular flexibility index (Phi) is 2.97. The Bertz CT molecular complexity index is 383. The number of amides is 1. The number of hydrogen-bond acceptors (Lipinski definition) is 2. The van der Waals surface area contributed by atoms with Crippen molar-refractivity contribution in [1.82, 2.24) is 0 Å². The van der Waals surface area contributed by atoms with Crippen LogP contribution in [0.4, 0.5) is 5.69 Å². The lowest BCUT2D eigenvalue weighted by Crippen LogP contribution is -2.28. The molecule has 1 amide bonds. The molecule has 1 N–H and O–H groups in total. The Morgan fingerprint density at radius 1 is 1.31 bits per heavy atom. The van der Waals surface area contributed by atoms with Crippen molar-refractivity contribution >= 4 is 11.6 Å². The first-order valence-corrected chi connectivity index (χ1v) is 5.69. The first kappa shape index (κ1) is 11.1. The van der Waals surface area contributed by atoms with Crippen LogP contribution in [0.15, 0.2) is 24.3 Å². The van der Waals surface area contributed by atoms with E-state index in [2.05, 4.69) is 13.8 Å². The summed E-state index contributed by atoms with van der Waals surface area (Å²) in [6.07, 6.45) is -0.283. The summed E-state index contributed by atoms with van der Waals surface area (Å²) >= 11 is 0. The molecule has 1 aromatic carbocycles. The summed E-state index contributed by atoms with van der Waals surface area (Å²) in [6.45, 7) is 4.89. The third-order valence-electron chi connectivity index (χ3n) is 3.05. The van der Waals surface area contributed by atoms with Crippen molar-refractivity contribution < 1.29 is 9.90 Å². The number of aliphatic hydroxyl groups excluding tert-OH is 1. The summed E-state index contributed by atoms with van der Waals surface area (Å²) in [5.41, 5.74) is 2.14. The van der Waals surface area contributed by atoms with Crippen molar-refractivity contribution in [1.29, 1.82) is 0 Å². The second-order valence-electron chi connectivity index (χ2n) is 4.54. The van der Waals surface area contributed by atoms with Crippen LogP contribution in [-0.4, -0.2) is 23.7 Å². The van der Waals surface area contributed by atoms with Crippen LogP contribution in [0.1, 0.15) is 31.7 Å². The molecular formula is C13H17NO2. The Balaban J connectivity index is 2.19. The molecule has 16 heavy (non-hydrogen) atoms.